The van der Waals surface area contributed by atoms with Crippen molar-refractivity contribution >= 4 is 29.0 Å². The summed E-state index contributed by atoms with van der Waals surface area (Å²) in [6.45, 7) is 6.44. The molecular formula is C42H47F3N6O5. The minimum absolute atomic E-state index is 0.119. The van der Waals surface area contributed by atoms with E-state index >= 15 is 0 Å². The molecule has 2 aliphatic rings. The van der Waals surface area contributed by atoms with Crippen molar-refractivity contribution in [2.24, 2.45) is 5.73 Å². The molecular weight excluding hydrogens is 725 g/mol. The van der Waals surface area contributed by atoms with Gasteiger partial charge in [0, 0.05) is 74.0 Å². The van der Waals surface area contributed by atoms with Crippen LogP contribution >= 0.6 is 0 Å². The van der Waals surface area contributed by atoms with E-state index in [2.05, 4.69) is 25.4 Å². The molecule has 2 fully saturated rings. The second-order valence-corrected chi connectivity index (χ2v) is 14.5. The lowest BCUT2D eigenvalue weighted by molar-refractivity contribution is -0.137. The van der Waals surface area contributed by atoms with Crippen LogP contribution in [-0.4, -0.2) is 92.2 Å². The molecule has 2 amide bonds. The molecule has 0 spiro atoms. The van der Waals surface area contributed by atoms with Crippen LogP contribution in [0.2, 0.25) is 0 Å². The fourth-order valence-corrected chi connectivity index (χ4v) is 7.09. The Kier molecular flexibility index (Phi) is 12.8. The number of nitrogens with one attached hydrogen (secondary N) is 2. The average Bonchev–Trinajstić information content (AvgIpc) is 3.67. The molecule has 0 bridgehead atoms. The van der Waals surface area contributed by atoms with Gasteiger partial charge in [-0.15, -0.1) is 0 Å². The van der Waals surface area contributed by atoms with E-state index < -0.39 is 29.1 Å². The number of methoxy groups -OCH3 is 1. The smallest absolute Gasteiger partial charge is 0.383 e. The number of pyridine rings is 1. The average molecular weight is 773 g/mol. The molecule has 1 unspecified atom stereocenters. The third-order valence-electron chi connectivity index (χ3n) is 10.3. The van der Waals surface area contributed by atoms with Gasteiger partial charge in [-0.25, -0.2) is 0 Å². The Balaban J connectivity index is 1.24. The number of hydrogen-bond donors (Lipinski definition) is 3. The van der Waals surface area contributed by atoms with Crippen LogP contribution in [-0.2, 0) is 22.2 Å². The summed E-state index contributed by atoms with van der Waals surface area (Å²) in [5, 5.41) is 5.69. The van der Waals surface area contributed by atoms with Crippen molar-refractivity contribution in [3.8, 4) is 11.3 Å². The maximum atomic E-state index is 13.9. The normalized spacial score (nSPS) is 17.3. The van der Waals surface area contributed by atoms with E-state index in [0.29, 0.717) is 60.9 Å². The Morgan fingerprint density at radius 2 is 1.68 bits per heavy atom. The number of ketones is 1. The van der Waals surface area contributed by atoms with Gasteiger partial charge in [-0.3, -0.25) is 24.3 Å². The van der Waals surface area contributed by atoms with Crippen LogP contribution in [0.25, 0.3) is 11.3 Å². The molecule has 11 nitrogen and oxygen atoms in total. The van der Waals surface area contributed by atoms with Crippen LogP contribution in [0.4, 0.5) is 24.5 Å². The number of anilines is 2. The molecule has 0 saturated carbocycles. The van der Waals surface area contributed by atoms with Crippen molar-refractivity contribution in [1.29, 1.82) is 0 Å². The van der Waals surface area contributed by atoms with E-state index in [1.165, 1.54) is 24.4 Å². The number of nitrogens with two attached hydrogens (primary N) is 1. The standard InChI is InChI=1S/C42H47F3N6O5/c1-41(46,14-17-50-18-20-56-21-19-50)38(52)29-7-4-8-30(23-29)40(54)49-36-12-11-33(51-16-5-10-34(51)27-55-2)25-35(36)37-24-31(13-15-47-37)39(53)48-26-28-6-3-9-32(22-28)42(43,44)45/h3-4,6-9,11-13,15,22-25,34H,5,10,14,16-21,26-27,46H2,1-2H3,(H,48,53)(H,49,54)/t34-,41?/m0/s1. The highest BCUT2D eigenvalue weighted by atomic mass is 19.4. The number of hydrogen-bond acceptors (Lipinski definition) is 9. The number of aromatic nitrogens is 1. The molecule has 4 N–H and O–H groups in total. The van der Waals surface area contributed by atoms with Crippen LogP contribution in [0.5, 0.6) is 0 Å². The Labute approximate surface area is 324 Å². The zero-order chi connectivity index (χ0) is 39.9. The minimum atomic E-state index is -4.50. The third kappa shape index (κ3) is 9.98. The number of halogens is 3. The molecule has 56 heavy (non-hydrogen) atoms. The number of alkyl halides is 3. The number of benzene rings is 3. The Morgan fingerprint density at radius 3 is 2.45 bits per heavy atom. The summed E-state index contributed by atoms with van der Waals surface area (Å²) in [6.07, 6.45) is -0.670. The lowest BCUT2D eigenvalue weighted by Crippen LogP contribution is -2.48. The molecule has 2 aliphatic heterocycles. The van der Waals surface area contributed by atoms with Gasteiger partial charge >= 0.3 is 6.18 Å². The van der Waals surface area contributed by atoms with Gasteiger partial charge < -0.3 is 30.7 Å². The third-order valence-corrected chi connectivity index (χ3v) is 10.3. The zero-order valence-electron chi connectivity index (χ0n) is 31.5. The van der Waals surface area contributed by atoms with Crippen LogP contribution in [0, 0.1) is 0 Å². The van der Waals surface area contributed by atoms with Crippen LogP contribution in [0.3, 0.4) is 0 Å². The zero-order valence-corrected chi connectivity index (χ0v) is 31.5. The lowest BCUT2D eigenvalue weighted by Gasteiger charge is -2.30. The van der Waals surface area contributed by atoms with Crippen molar-refractivity contribution in [3.05, 3.63) is 113 Å². The van der Waals surface area contributed by atoms with E-state index in [9.17, 15) is 27.6 Å². The molecule has 3 aromatic carbocycles. The van der Waals surface area contributed by atoms with Gasteiger partial charge in [-0.2, -0.15) is 13.2 Å². The quantitative estimate of drug-likeness (QED) is 0.128. The maximum Gasteiger partial charge on any atom is 0.416 e. The largest absolute Gasteiger partial charge is 0.416 e. The Hall–Kier alpha value is -5.15. The fraction of sp³-hybridized carbons (Fsp3) is 0.381. The van der Waals surface area contributed by atoms with E-state index in [1.54, 1.807) is 50.4 Å². The van der Waals surface area contributed by atoms with Gasteiger partial charge in [0.15, 0.2) is 5.78 Å². The monoisotopic (exact) mass is 772 g/mol. The summed E-state index contributed by atoms with van der Waals surface area (Å²) in [6, 6.07) is 20.1. The first-order chi connectivity index (χ1) is 26.8. The first kappa shape index (κ1) is 40.5. The van der Waals surface area contributed by atoms with Gasteiger partial charge in [0.05, 0.1) is 48.3 Å². The van der Waals surface area contributed by atoms with Gasteiger partial charge in [0.2, 0.25) is 0 Å². The van der Waals surface area contributed by atoms with Crippen molar-refractivity contribution in [1.82, 2.24) is 15.2 Å². The molecule has 14 heteroatoms. The SMILES string of the molecule is COC[C@@H]1CCCN1c1ccc(NC(=O)c2cccc(C(=O)C(C)(N)CCN3CCOCC3)c2)c(-c2cc(C(=O)NCc3cccc(C(F)(F)F)c3)ccn2)c1. The summed E-state index contributed by atoms with van der Waals surface area (Å²) in [4.78, 5) is 49.8. The first-order valence-electron chi connectivity index (χ1n) is 18.7. The van der Waals surface area contributed by atoms with E-state index in [-0.39, 0.29) is 29.5 Å². The second-order valence-electron chi connectivity index (χ2n) is 14.5. The molecule has 3 heterocycles. The number of ether oxygens (including phenoxy) is 2. The predicted octanol–water partition coefficient (Wildman–Crippen LogP) is 6.19. The van der Waals surface area contributed by atoms with Gasteiger partial charge in [-0.05, 0) is 86.3 Å². The van der Waals surface area contributed by atoms with Gasteiger partial charge in [0.1, 0.15) is 0 Å². The van der Waals surface area contributed by atoms with Crippen molar-refractivity contribution in [2.45, 2.75) is 50.5 Å². The molecule has 6 rings (SSSR count). The Bertz CT molecular complexity index is 2030. The molecule has 0 aliphatic carbocycles. The van der Waals surface area contributed by atoms with Crippen LogP contribution in [0.15, 0.2) is 85.1 Å². The number of morpholine rings is 1. The highest BCUT2D eigenvalue weighted by Crippen LogP contribution is 2.35. The van der Waals surface area contributed by atoms with Crippen LogP contribution < -0.4 is 21.3 Å². The van der Waals surface area contributed by atoms with Crippen molar-refractivity contribution in [3.63, 3.8) is 0 Å². The van der Waals surface area contributed by atoms with E-state index in [0.717, 1.165) is 50.3 Å². The summed E-state index contributed by atoms with van der Waals surface area (Å²) < 4.78 is 50.7. The summed E-state index contributed by atoms with van der Waals surface area (Å²) >= 11 is 0. The second kappa shape index (κ2) is 17.8. The molecule has 1 aromatic heterocycles. The summed E-state index contributed by atoms with van der Waals surface area (Å²) in [5.74, 6) is -1.24. The molecule has 2 saturated heterocycles. The number of rotatable bonds is 14. The minimum Gasteiger partial charge on any atom is -0.383 e. The number of carbonyl (C=O) groups is 3. The fourth-order valence-electron chi connectivity index (χ4n) is 7.09. The lowest BCUT2D eigenvalue weighted by atomic mass is 9.88. The topological polar surface area (TPSA) is 139 Å². The van der Waals surface area contributed by atoms with Gasteiger partial charge in [0.25, 0.3) is 11.8 Å². The number of amides is 2. The highest BCUT2D eigenvalue weighted by molar-refractivity contribution is 6.09. The van der Waals surface area contributed by atoms with E-state index in [1.807, 2.05) is 12.1 Å². The van der Waals surface area contributed by atoms with Crippen LogP contribution in [0.1, 0.15) is 68.4 Å². The highest BCUT2D eigenvalue weighted by Gasteiger charge is 2.32. The molecule has 296 valence electrons. The number of carbonyl (C=O) groups excluding carboxylic acids is 3. The number of nitrogens with zero attached hydrogens (tertiary/aromatic N) is 3. The predicted molar refractivity (Wildman–Crippen MR) is 208 cm³/mol. The summed E-state index contributed by atoms with van der Waals surface area (Å²) in [7, 11) is 1.66. The summed E-state index contributed by atoms with van der Waals surface area (Å²) in [5.41, 5.74) is 7.92. The molecule has 0 radical (unpaired) electrons. The molecule has 2 atom stereocenters. The van der Waals surface area contributed by atoms with Gasteiger partial charge in [-0.1, -0.05) is 24.3 Å². The van der Waals surface area contributed by atoms with Crippen molar-refractivity contribution in [2.75, 3.05) is 63.3 Å². The Morgan fingerprint density at radius 1 is 0.929 bits per heavy atom. The number of Topliss-reactive ketones (excluding diaryl/α,β-unsaturated/α-hetero) is 1. The van der Waals surface area contributed by atoms with Crippen molar-refractivity contribution < 1.29 is 37.0 Å². The maximum absolute atomic E-state index is 13.9. The van der Waals surface area contributed by atoms with E-state index in [4.69, 9.17) is 15.2 Å². The first-order valence-corrected chi connectivity index (χ1v) is 18.7. The molecule has 4 aromatic rings.